The van der Waals surface area contributed by atoms with E-state index in [1.165, 1.54) is 6.42 Å². The maximum atomic E-state index is 12.5. The van der Waals surface area contributed by atoms with Crippen LogP contribution in [0.1, 0.15) is 42.5 Å². The number of benzene rings is 1. The SMILES string of the molecule is O=C1c2ccc(I)cc2S(=O)(=O)N1CC1CCCCC1. The van der Waals surface area contributed by atoms with Crippen LogP contribution in [-0.2, 0) is 10.0 Å². The summed E-state index contributed by atoms with van der Waals surface area (Å²) in [6, 6.07) is 4.98. The Bertz CT molecular complexity index is 650. The maximum Gasteiger partial charge on any atom is 0.269 e. The van der Waals surface area contributed by atoms with E-state index in [1.54, 1.807) is 18.2 Å². The molecule has 1 fully saturated rings. The fraction of sp³-hybridized carbons (Fsp3) is 0.500. The Kier molecular flexibility index (Phi) is 3.79. The van der Waals surface area contributed by atoms with E-state index in [4.69, 9.17) is 0 Å². The number of amides is 1. The predicted octanol–water partition coefficient (Wildman–Crippen LogP) is 3.02. The van der Waals surface area contributed by atoms with Gasteiger partial charge in [0.15, 0.2) is 0 Å². The molecule has 3 rings (SSSR count). The van der Waals surface area contributed by atoms with Crippen molar-refractivity contribution in [3.63, 3.8) is 0 Å². The van der Waals surface area contributed by atoms with Gasteiger partial charge in [0.05, 0.1) is 5.56 Å². The van der Waals surface area contributed by atoms with Crippen LogP contribution in [0.25, 0.3) is 0 Å². The maximum absolute atomic E-state index is 12.5. The first kappa shape index (κ1) is 14.3. The van der Waals surface area contributed by atoms with Crippen molar-refractivity contribution in [2.24, 2.45) is 5.92 Å². The normalized spacial score (nSPS) is 22.1. The number of carbonyl (C=O) groups is 1. The molecular weight excluding hydrogens is 389 g/mol. The van der Waals surface area contributed by atoms with E-state index in [9.17, 15) is 13.2 Å². The third-order valence-corrected chi connectivity index (χ3v) is 6.58. The van der Waals surface area contributed by atoms with Crippen molar-refractivity contribution in [3.05, 3.63) is 27.3 Å². The molecule has 6 heteroatoms. The summed E-state index contributed by atoms with van der Waals surface area (Å²) in [6.45, 7) is 0.340. The van der Waals surface area contributed by atoms with Crippen molar-refractivity contribution in [2.75, 3.05) is 6.54 Å². The van der Waals surface area contributed by atoms with E-state index in [0.29, 0.717) is 18.0 Å². The fourth-order valence-electron chi connectivity index (χ4n) is 3.03. The lowest BCUT2D eigenvalue weighted by Crippen LogP contribution is -2.35. The van der Waals surface area contributed by atoms with Gasteiger partial charge in [0.2, 0.25) is 0 Å². The number of hydrogen-bond acceptors (Lipinski definition) is 3. The summed E-state index contributed by atoms with van der Waals surface area (Å²) in [5, 5.41) is 0. The predicted molar refractivity (Wildman–Crippen MR) is 84.0 cm³/mol. The summed E-state index contributed by atoms with van der Waals surface area (Å²) >= 11 is 2.07. The highest BCUT2D eigenvalue weighted by molar-refractivity contribution is 14.1. The highest BCUT2D eigenvalue weighted by atomic mass is 127. The summed E-state index contributed by atoms with van der Waals surface area (Å²) in [7, 11) is -3.64. The topological polar surface area (TPSA) is 54.5 Å². The lowest BCUT2D eigenvalue weighted by molar-refractivity contribution is 0.0849. The number of halogens is 1. The zero-order valence-corrected chi connectivity index (χ0v) is 14.0. The Labute approximate surface area is 132 Å². The van der Waals surface area contributed by atoms with E-state index in [-0.39, 0.29) is 10.8 Å². The average Bonchev–Trinajstić information content (AvgIpc) is 2.61. The number of rotatable bonds is 2. The Morgan fingerprint density at radius 2 is 1.90 bits per heavy atom. The number of carbonyl (C=O) groups excluding carboxylic acids is 1. The first-order valence-corrected chi connectivity index (χ1v) is 9.38. The summed E-state index contributed by atoms with van der Waals surface area (Å²) in [4.78, 5) is 12.5. The molecule has 1 aliphatic heterocycles. The molecule has 0 atom stereocenters. The van der Waals surface area contributed by atoms with E-state index in [1.807, 2.05) is 0 Å². The molecule has 1 heterocycles. The van der Waals surface area contributed by atoms with Crippen LogP contribution < -0.4 is 0 Å². The van der Waals surface area contributed by atoms with Gasteiger partial charge >= 0.3 is 0 Å². The lowest BCUT2D eigenvalue weighted by Gasteiger charge is -2.25. The van der Waals surface area contributed by atoms with E-state index < -0.39 is 10.0 Å². The van der Waals surface area contributed by atoms with Gasteiger partial charge in [0, 0.05) is 10.1 Å². The van der Waals surface area contributed by atoms with E-state index >= 15 is 0 Å². The van der Waals surface area contributed by atoms with Crippen LogP contribution >= 0.6 is 22.6 Å². The molecule has 0 aromatic heterocycles. The van der Waals surface area contributed by atoms with Gasteiger partial charge in [0.1, 0.15) is 4.90 Å². The van der Waals surface area contributed by atoms with Gasteiger partial charge in [0.25, 0.3) is 15.9 Å². The second kappa shape index (κ2) is 5.29. The molecule has 1 aromatic rings. The molecule has 0 radical (unpaired) electrons. The first-order valence-electron chi connectivity index (χ1n) is 6.87. The monoisotopic (exact) mass is 405 g/mol. The Balaban J connectivity index is 1.92. The molecule has 0 bridgehead atoms. The first-order chi connectivity index (χ1) is 9.50. The van der Waals surface area contributed by atoms with E-state index in [0.717, 1.165) is 33.6 Å². The van der Waals surface area contributed by atoms with Crippen molar-refractivity contribution in [3.8, 4) is 0 Å². The molecule has 1 saturated carbocycles. The second-order valence-corrected chi connectivity index (χ2v) is 8.56. The molecule has 20 heavy (non-hydrogen) atoms. The quantitative estimate of drug-likeness (QED) is 0.711. The third kappa shape index (κ3) is 2.36. The van der Waals surface area contributed by atoms with Crippen LogP contribution in [0.2, 0.25) is 0 Å². The highest BCUT2D eigenvalue weighted by Crippen LogP contribution is 2.34. The van der Waals surface area contributed by atoms with Crippen molar-refractivity contribution < 1.29 is 13.2 Å². The Morgan fingerprint density at radius 3 is 2.60 bits per heavy atom. The van der Waals surface area contributed by atoms with Crippen molar-refractivity contribution in [1.29, 1.82) is 0 Å². The number of hydrogen-bond donors (Lipinski definition) is 0. The van der Waals surface area contributed by atoms with Gasteiger partial charge in [-0.2, -0.15) is 0 Å². The number of nitrogens with zero attached hydrogens (tertiary/aromatic N) is 1. The van der Waals surface area contributed by atoms with Crippen LogP contribution in [0.4, 0.5) is 0 Å². The van der Waals surface area contributed by atoms with Gasteiger partial charge in [-0.15, -0.1) is 0 Å². The molecule has 0 N–H and O–H groups in total. The Hall–Kier alpha value is -0.630. The molecule has 1 aliphatic carbocycles. The van der Waals surface area contributed by atoms with Crippen molar-refractivity contribution in [2.45, 2.75) is 37.0 Å². The van der Waals surface area contributed by atoms with Crippen LogP contribution in [-0.4, -0.2) is 25.2 Å². The smallest absolute Gasteiger partial charge is 0.268 e. The molecule has 2 aliphatic rings. The van der Waals surface area contributed by atoms with Crippen LogP contribution in [0.15, 0.2) is 23.1 Å². The molecule has 1 amide bonds. The Morgan fingerprint density at radius 1 is 1.20 bits per heavy atom. The van der Waals surface area contributed by atoms with E-state index in [2.05, 4.69) is 22.6 Å². The van der Waals surface area contributed by atoms with Crippen LogP contribution in [0, 0.1) is 9.49 Å². The second-order valence-electron chi connectivity index (χ2n) is 5.49. The average molecular weight is 405 g/mol. The molecule has 0 unspecified atom stereocenters. The molecule has 4 nitrogen and oxygen atoms in total. The minimum absolute atomic E-state index is 0.171. The fourth-order valence-corrected chi connectivity index (χ4v) is 5.41. The van der Waals surface area contributed by atoms with Crippen molar-refractivity contribution in [1.82, 2.24) is 4.31 Å². The minimum Gasteiger partial charge on any atom is -0.268 e. The highest BCUT2D eigenvalue weighted by Gasteiger charge is 2.42. The zero-order valence-electron chi connectivity index (χ0n) is 11.0. The summed E-state index contributed by atoms with van der Waals surface area (Å²) in [6.07, 6.45) is 5.53. The van der Waals surface area contributed by atoms with Crippen molar-refractivity contribution >= 4 is 38.5 Å². The van der Waals surface area contributed by atoms with Gasteiger partial charge in [-0.05, 0) is 59.5 Å². The largest absolute Gasteiger partial charge is 0.269 e. The van der Waals surface area contributed by atoms with Crippen LogP contribution in [0.3, 0.4) is 0 Å². The summed E-state index contributed by atoms with van der Waals surface area (Å²) in [5.74, 6) is -0.0437. The van der Waals surface area contributed by atoms with Gasteiger partial charge in [-0.1, -0.05) is 19.3 Å². The molecule has 0 saturated heterocycles. The van der Waals surface area contributed by atoms with Gasteiger partial charge < -0.3 is 0 Å². The number of sulfonamides is 1. The van der Waals surface area contributed by atoms with Gasteiger partial charge in [-0.3, -0.25) is 4.79 Å². The summed E-state index contributed by atoms with van der Waals surface area (Å²) in [5.41, 5.74) is 0.321. The number of fused-ring (bicyclic) bond motifs is 1. The van der Waals surface area contributed by atoms with Crippen LogP contribution in [0.5, 0.6) is 0 Å². The molecule has 1 aromatic carbocycles. The summed E-state index contributed by atoms with van der Waals surface area (Å²) < 4.78 is 27.0. The molecular formula is C14H16INO3S. The standard InChI is InChI=1S/C14H16INO3S/c15-11-6-7-12-13(8-11)20(18,19)16(14(12)17)9-10-4-2-1-3-5-10/h6-8,10H,1-5,9H2. The zero-order chi connectivity index (χ0) is 14.3. The molecule has 108 valence electrons. The van der Waals surface area contributed by atoms with Gasteiger partial charge in [-0.25, -0.2) is 12.7 Å². The third-order valence-electron chi connectivity index (χ3n) is 4.12. The minimum atomic E-state index is -3.64. The lowest BCUT2D eigenvalue weighted by atomic mass is 9.89. The molecule has 0 spiro atoms.